The predicted octanol–water partition coefficient (Wildman–Crippen LogP) is 4.80. The number of aromatic nitrogens is 6. The molecule has 1 aromatic carbocycles. The Hall–Kier alpha value is -4.22. The molecule has 0 aliphatic rings. The molecule has 3 heterocycles. The summed E-state index contributed by atoms with van der Waals surface area (Å²) in [5.41, 5.74) is 3.19. The first kappa shape index (κ1) is 25.9. The first-order valence-corrected chi connectivity index (χ1v) is 11.7. The van der Waals surface area contributed by atoms with Crippen molar-refractivity contribution in [2.24, 2.45) is 7.05 Å². The maximum absolute atomic E-state index is 13.6. The van der Waals surface area contributed by atoms with E-state index in [1.165, 1.54) is 16.9 Å². The fraction of sp³-hybridized carbons (Fsp3) is 0.320. The highest BCUT2D eigenvalue weighted by molar-refractivity contribution is 6.04. The van der Waals surface area contributed by atoms with Gasteiger partial charge in [-0.05, 0) is 52.0 Å². The molecule has 0 spiro atoms. The number of carbonyl (C=O) groups excluding carboxylic acids is 1. The number of hydrogen-bond acceptors (Lipinski definition) is 6. The van der Waals surface area contributed by atoms with Crippen molar-refractivity contribution in [3.05, 3.63) is 65.4 Å². The smallest absolute Gasteiger partial charge is 0.372 e. The van der Waals surface area contributed by atoms with E-state index in [2.05, 4.69) is 25.7 Å². The van der Waals surface area contributed by atoms with Gasteiger partial charge in [0.1, 0.15) is 5.69 Å². The van der Waals surface area contributed by atoms with Crippen LogP contribution in [0, 0.1) is 13.8 Å². The van der Waals surface area contributed by atoms with Crippen molar-refractivity contribution >= 4 is 17.3 Å². The van der Waals surface area contributed by atoms with E-state index in [4.69, 9.17) is 0 Å². The molecular weight excluding hydrogens is 485 g/mol. The zero-order valence-corrected chi connectivity index (χ0v) is 21.1. The number of nitrogens with zero attached hydrogens (tertiary/aromatic N) is 7. The maximum Gasteiger partial charge on any atom is 0.416 e. The predicted molar refractivity (Wildman–Crippen MR) is 134 cm³/mol. The van der Waals surface area contributed by atoms with Gasteiger partial charge in [-0.15, -0.1) is 5.10 Å². The molecule has 0 aliphatic heterocycles. The van der Waals surface area contributed by atoms with Crippen LogP contribution in [0.25, 0.3) is 16.9 Å². The zero-order valence-electron chi connectivity index (χ0n) is 21.1. The fourth-order valence-corrected chi connectivity index (χ4v) is 3.95. The van der Waals surface area contributed by atoms with Gasteiger partial charge in [0.2, 0.25) is 0 Å². The van der Waals surface area contributed by atoms with Gasteiger partial charge in [-0.2, -0.15) is 18.3 Å². The van der Waals surface area contributed by atoms with E-state index in [1.807, 2.05) is 27.8 Å². The third kappa shape index (κ3) is 5.32. The topological polar surface area (TPSA) is 93.8 Å². The van der Waals surface area contributed by atoms with Crippen molar-refractivity contribution in [2.45, 2.75) is 33.9 Å². The van der Waals surface area contributed by atoms with Crippen LogP contribution in [0.15, 0.2) is 42.9 Å². The largest absolute Gasteiger partial charge is 0.416 e. The molecule has 0 atom stereocenters. The van der Waals surface area contributed by atoms with Gasteiger partial charge in [0, 0.05) is 49.0 Å². The first-order chi connectivity index (χ1) is 17.5. The Kier molecular flexibility index (Phi) is 7.01. The lowest BCUT2D eigenvalue weighted by molar-refractivity contribution is -0.137. The van der Waals surface area contributed by atoms with Crippen molar-refractivity contribution in [1.82, 2.24) is 29.8 Å². The first-order valence-electron chi connectivity index (χ1n) is 11.7. The highest BCUT2D eigenvalue weighted by Crippen LogP contribution is 2.34. The van der Waals surface area contributed by atoms with Crippen molar-refractivity contribution < 1.29 is 18.0 Å². The van der Waals surface area contributed by atoms with E-state index in [0.717, 1.165) is 23.4 Å². The number of rotatable bonds is 7. The van der Waals surface area contributed by atoms with Gasteiger partial charge in [-0.25, -0.2) is 4.68 Å². The standard InChI is InChI=1S/C25H27F3N8O/c1-6-35(7-2)20-10-18(25(26,27)28)9-19(11-20)31-24(37)17-8-23(15(3)29-12-17)36-14-22(32-33-36)21-13-30-34(5)16(21)4/h8-14H,6-7H2,1-5H3,(H,31,37). The highest BCUT2D eigenvalue weighted by atomic mass is 19.4. The Balaban J connectivity index is 1.65. The highest BCUT2D eigenvalue weighted by Gasteiger charge is 2.32. The number of hydrogen-bond donors (Lipinski definition) is 1. The van der Waals surface area contributed by atoms with E-state index in [1.54, 1.807) is 35.0 Å². The summed E-state index contributed by atoms with van der Waals surface area (Å²) >= 11 is 0. The summed E-state index contributed by atoms with van der Waals surface area (Å²) in [5, 5.41) is 15.2. The number of amides is 1. The van der Waals surface area contributed by atoms with Crippen molar-refractivity contribution in [2.75, 3.05) is 23.3 Å². The van der Waals surface area contributed by atoms with Gasteiger partial charge < -0.3 is 10.2 Å². The Morgan fingerprint density at radius 2 is 1.81 bits per heavy atom. The second-order valence-electron chi connectivity index (χ2n) is 8.54. The molecule has 12 heteroatoms. The molecule has 1 N–H and O–H groups in total. The molecule has 1 amide bonds. The second-order valence-corrected chi connectivity index (χ2v) is 8.54. The fourth-order valence-electron chi connectivity index (χ4n) is 3.95. The van der Waals surface area contributed by atoms with Gasteiger partial charge in [-0.1, -0.05) is 5.21 Å². The summed E-state index contributed by atoms with van der Waals surface area (Å²) < 4.78 is 43.9. The van der Waals surface area contributed by atoms with Crippen LogP contribution >= 0.6 is 0 Å². The summed E-state index contributed by atoms with van der Waals surface area (Å²) in [5.74, 6) is -0.595. The van der Waals surface area contributed by atoms with Crippen LogP contribution in [0.2, 0.25) is 0 Å². The molecule has 0 saturated carbocycles. The maximum atomic E-state index is 13.6. The average Bonchev–Trinajstić information content (AvgIpc) is 3.46. The van der Waals surface area contributed by atoms with Crippen LogP contribution < -0.4 is 10.2 Å². The van der Waals surface area contributed by atoms with Gasteiger partial charge >= 0.3 is 6.18 Å². The lowest BCUT2D eigenvalue weighted by Crippen LogP contribution is -2.23. The number of carbonyl (C=O) groups is 1. The summed E-state index contributed by atoms with van der Waals surface area (Å²) in [6.07, 6.45) is 0.216. The average molecular weight is 513 g/mol. The Labute approximate surface area is 211 Å². The minimum atomic E-state index is -4.56. The lowest BCUT2D eigenvalue weighted by Gasteiger charge is -2.23. The number of alkyl halides is 3. The quantitative estimate of drug-likeness (QED) is 0.383. The molecule has 0 saturated heterocycles. The molecule has 194 valence electrons. The molecule has 3 aromatic heterocycles. The van der Waals surface area contributed by atoms with E-state index >= 15 is 0 Å². The van der Waals surface area contributed by atoms with Crippen molar-refractivity contribution in [3.63, 3.8) is 0 Å². The van der Waals surface area contributed by atoms with E-state index in [9.17, 15) is 18.0 Å². The van der Waals surface area contributed by atoms with Crippen LogP contribution in [0.5, 0.6) is 0 Å². The number of halogens is 3. The van der Waals surface area contributed by atoms with E-state index < -0.39 is 17.6 Å². The normalized spacial score (nSPS) is 11.6. The zero-order chi connectivity index (χ0) is 26.9. The Morgan fingerprint density at radius 3 is 2.43 bits per heavy atom. The summed E-state index contributed by atoms with van der Waals surface area (Å²) in [7, 11) is 1.83. The van der Waals surface area contributed by atoms with Gasteiger partial charge in [0.25, 0.3) is 5.91 Å². The van der Waals surface area contributed by atoms with Crippen LogP contribution in [-0.4, -0.2) is 48.8 Å². The van der Waals surface area contributed by atoms with Crippen LogP contribution in [-0.2, 0) is 13.2 Å². The van der Waals surface area contributed by atoms with Crippen molar-refractivity contribution in [3.8, 4) is 16.9 Å². The third-order valence-electron chi connectivity index (χ3n) is 6.21. The van der Waals surface area contributed by atoms with Gasteiger partial charge in [-0.3, -0.25) is 14.5 Å². The molecule has 4 rings (SSSR count). The number of anilines is 2. The minimum absolute atomic E-state index is 0.0407. The Bertz CT molecular complexity index is 1440. The lowest BCUT2D eigenvalue weighted by atomic mass is 10.1. The minimum Gasteiger partial charge on any atom is -0.372 e. The molecule has 4 aromatic rings. The van der Waals surface area contributed by atoms with Crippen molar-refractivity contribution in [1.29, 1.82) is 0 Å². The molecule has 0 aliphatic carbocycles. The van der Waals surface area contributed by atoms with E-state index in [-0.39, 0.29) is 11.3 Å². The SMILES string of the molecule is CCN(CC)c1cc(NC(=O)c2cnc(C)c(-n3cc(-c4cnn(C)c4C)nn3)c2)cc(C(F)(F)F)c1. The summed E-state index contributed by atoms with van der Waals surface area (Å²) in [4.78, 5) is 19.1. The van der Waals surface area contributed by atoms with Gasteiger partial charge in [0.15, 0.2) is 0 Å². The molecule has 0 bridgehead atoms. The molecule has 9 nitrogen and oxygen atoms in total. The molecule has 0 radical (unpaired) electrons. The Morgan fingerprint density at radius 1 is 1.08 bits per heavy atom. The van der Waals surface area contributed by atoms with E-state index in [0.29, 0.717) is 35.9 Å². The summed E-state index contributed by atoms with van der Waals surface area (Å²) in [6.45, 7) is 8.43. The summed E-state index contributed by atoms with van der Waals surface area (Å²) in [6, 6.07) is 5.11. The molecule has 37 heavy (non-hydrogen) atoms. The molecular formula is C25H27F3N8O. The number of nitrogens with one attached hydrogen (secondary N) is 1. The molecule has 0 unspecified atom stereocenters. The third-order valence-corrected chi connectivity index (χ3v) is 6.21. The number of aryl methyl sites for hydroxylation is 2. The second kappa shape index (κ2) is 10.0. The van der Waals surface area contributed by atoms with Crippen LogP contribution in [0.1, 0.15) is 41.2 Å². The molecule has 0 fully saturated rings. The number of pyridine rings is 1. The van der Waals surface area contributed by atoms with Crippen LogP contribution in [0.4, 0.5) is 24.5 Å². The van der Waals surface area contributed by atoms with Crippen LogP contribution in [0.3, 0.4) is 0 Å². The number of benzene rings is 1. The van der Waals surface area contributed by atoms with Gasteiger partial charge in [0.05, 0.1) is 34.9 Å². The monoisotopic (exact) mass is 512 g/mol.